The van der Waals surface area contributed by atoms with Crippen LogP contribution < -0.4 is 5.73 Å². The van der Waals surface area contributed by atoms with Crippen molar-refractivity contribution in [3.63, 3.8) is 0 Å². The maximum atomic E-state index is 5.40. The molecular weight excluding hydrogens is 218 g/mol. The Morgan fingerprint density at radius 1 is 1.29 bits per heavy atom. The molecular formula is C9H16ClN3S. The first-order valence-electron chi connectivity index (χ1n) is 4.37. The average Bonchev–Trinajstić information content (AvgIpc) is 2.03. The van der Waals surface area contributed by atoms with Gasteiger partial charge in [-0.1, -0.05) is 11.8 Å². The number of nitrogens with zero attached hydrogens (tertiary/aromatic N) is 2. The van der Waals surface area contributed by atoms with E-state index in [0.29, 0.717) is 0 Å². The number of aromatic nitrogens is 2. The van der Waals surface area contributed by atoms with Gasteiger partial charge in [-0.3, -0.25) is 0 Å². The summed E-state index contributed by atoms with van der Waals surface area (Å²) in [6.07, 6.45) is 1.01. The zero-order chi connectivity index (χ0) is 9.68. The normalized spacial score (nSPS) is 9.64. The number of rotatable bonds is 4. The summed E-state index contributed by atoms with van der Waals surface area (Å²) in [7, 11) is 0. The van der Waals surface area contributed by atoms with E-state index in [9.17, 15) is 0 Å². The second-order valence-electron chi connectivity index (χ2n) is 2.92. The summed E-state index contributed by atoms with van der Waals surface area (Å²) >= 11 is 1.67. The first kappa shape index (κ1) is 13.7. The van der Waals surface area contributed by atoms with Crippen molar-refractivity contribution in [2.24, 2.45) is 5.73 Å². The van der Waals surface area contributed by atoms with Gasteiger partial charge in [-0.25, -0.2) is 9.97 Å². The van der Waals surface area contributed by atoms with Crippen LogP contribution in [0.3, 0.4) is 0 Å². The molecule has 0 aliphatic heterocycles. The van der Waals surface area contributed by atoms with Crippen molar-refractivity contribution in [2.45, 2.75) is 25.4 Å². The molecule has 0 aliphatic rings. The Labute approximate surface area is 95.3 Å². The fourth-order valence-electron chi connectivity index (χ4n) is 1.00. The average molecular weight is 234 g/mol. The molecule has 1 heterocycles. The minimum Gasteiger partial charge on any atom is -0.330 e. The van der Waals surface area contributed by atoms with E-state index in [-0.39, 0.29) is 12.4 Å². The molecule has 0 aliphatic carbocycles. The molecule has 0 bridgehead atoms. The van der Waals surface area contributed by atoms with Crippen molar-refractivity contribution in [2.75, 3.05) is 12.3 Å². The van der Waals surface area contributed by atoms with Crippen LogP contribution in [0.5, 0.6) is 0 Å². The standard InChI is InChI=1S/C9H15N3S.ClH/c1-7-6-8(2)12-9(11-7)13-5-3-4-10;/h6H,3-5,10H2,1-2H3;1H. The minimum absolute atomic E-state index is 0. The van der Waals surface area contributed by atoms with Gasteiger partial charge >= 0.3 is 0 Å². The largest absolute Gasteiger partial charge is 0.330 e. The van der Waals surface area contributed by atoms with Crippen LogP contribution in [0.25, 0.3) is 0 Å². The zero-order valence-electron chi connectivity index (χ0n) is 8.49. The van der Waals surface area contributed by atoms with E-state index in [1.807, 2.05) is 19.9 Å². The third-order valence-electron chi connectivity index (χ3n) is 1.54. The zero-order valence-corrected chi connectivity index (χ0v) is 10.1. The van der Waals surface area contributed by atoms with Crippen LogP contribution in [-0.4, -0.2) is 22.3 Å². The number of hydrogen-bond acceptors (Lipinski definition) is 4. The molecule has 2 N–H and O–H groups in total. The molecule has 80 valence electrons. The predicted octanol–water partition coefficient (Wildman–Crippen LogP) is 1.96. The van der Waals surface area contributed by atoms with Gasteiger partial charge in [0, 0.05) is 17.1 Å². The third-order valence-corrected chi connectivity index (χ3v) is 2.47. The number of aryl methyl sites for hydroxylation is 2. The Balaban J connectivity index is 0.00000169. The smallest absolute Gasteiger partial charge is 0.187 e. The fourth-order valence-corrected chi connectivity index (χ4v) is 1.92. The van der Waals surface area contributed by atoms with Gasteiger partial charge in [0.25, 0.3) is 0 Å². The summed E-state index contributed by atoms with van der Waals surface area (Å²) in [6.45, 7) is 4.71. The molecule has 0 saturated heterocycles. The summed E-state index contributed by atoms with van der Waals surface area (Å²) in [4.78, 5) is 8.63. The molecule has 0 fully saturated rings. The van der Waals surface area contributed by atoms with E-state index < -0.39 is 0 Å². The molecule has 0 saturated carbocycles. The summed E-state index contributed by atoms with van der Waals surface area (Å²) in [5, 5.41) is 0.867. The van der Waals surface area contributed by atoms with Crippen molar-refractivity contribution in [1.29, 1.82) is 0 Å². The molecule has 1 aromatic heterocycles. The molecule has 3 nitrogen and oxygen atoms in total. The Morgan fingerprint density at radius 3 is 2.36 bits per heavy atom. The first-order valence-corrected chi connectivity index (χ1v) is 5.36. The molecule has 1 rings (SSSR count). The summed E-state index contributed by atoms with van der Waals surface area (Å²) in [5.74, 6) is 0.999. The number of nitrogens with two attached hydrogens (primary N) is 1. The Morgan fingerprint density at radius 2 is 1.86 bits per heavy atom. The number of halogens is 1. The van der Waals surface area contributed by atoms with Crippen LogP contribution in [-0.2, 0) is 0 Å². The van der Waals surface area contributed by atoms with Gasteiger partial charge in [-0.15, -0.1) is 12.4 Å². The predicted molar refractivity (Wildman–Crippen MR) is 63.1 cm³/mol. The summed E-state index contributed by atoms with van der Waals surface area (Å²) < 4.78 is 0. The molecule has 0 aromatic carbocycles. The maximum absolute atomic E-state index is 5.40. The second kappa shape index (κ2) is 7.04. The quantitative estimate of drug-likeness (QED) is 0.491. The lowest BCUT2D eigenvalue weighted by molar-refractivity contribution is 0.891. The van der Waals surface area contributed by atoms with Gasteiger partial charge in [0.2, 0.25) is 0 Å². The molecule has 0 spiro atoms. The van der Waals surface area contributed by atoms with Crippen molar-refractivity contribution in [3.05, 3.63) is 17.5 Å². The minimum atomic E-state index is 0. The van der Waals surface area contributed by atoms with Crippen molar-refractivity contribution < 1.29 is 0 Å². The van der Waals surface area contributed by atoms with Gasteiger partial charge in [0.1, 0.15) is 0 Å². The molecule has 0 radical (unpaired) electrons. The van der Waals surface area contributed by atoms with E-state index in [0.717, 1.165) is 35.3 Å². The van der Waals surface area contributed by atoms with Crippen LogP contribution in [0, 0.1) is 13.8 Å². The van der Waals surface area contributed by atoms with Crippen LogP contribution in [0.15, 0.2) is 11.2 Å². The molecule has 1 aromatic rings. The highest BCUT2D eigenvalue weighted by Crippen LogP contribution is 2.14. The highest BCUT2D eigenvalue weighted by atomic mass is 35.5. The van der Waals surface area contributed by atoms with E-state index in [4.69, 9.17) is 5.73 Å². The highest BCUT2D eigenvalue weighted by molar-refractivity contribution is 7.99. The molecule has 5 heteroatoms. The lowest BCUT2D eigenvalue weighted by Gasteiger charge is -2.01. The Kier molecular flexibility index (Phi) is 6.87. The molecule has 0 atom stereocenters. The van der Waals surface area contributed by atoms with Crippen molar-refractivity contribution in [3.8, 4) is 0 Å². The van der Waals surface area contributed by atoms with E-state index in [1.165, 1.54) is 0 Å². The van der Waals surface area contributed by atoms with Crippen LogP contribution in [0.1, 0.15) is 17.8 Å². The van der Waals surface area contributed by atoms with Crippen LogP contribution >= 0.6 is 24.2 Å². The lowest BCUT2D eigenvalue weighted by Crippen LogP contribution is -2.00. The van der Waals surface area contributed by atoms with E-state index >= 15 is 0 Å². The third kappa shape index (κ3) is 4.79. The molecule has 0 unspecified atom stereocenters. The van der Waals surface area contributed by atoms with Gasteiger partial charge in [0.05, 0.1) is 0 Å². The van der Waals surface area contributed by atoms with Gasteiger partial charge in [0.15, 0.2) is 5.16 Å². The van der Waals surface area contributed by atoms with Crippen molar-refractivity contribution >= 4 is 24.2 Å². The van der Waals surface area contributed by atoms with Gasteiger partial charge in [-0.05, 0) is 32.9 Å². The molecule has 14 heavy (non-hydrogen) atoms. The lowest BCUT2D eigenvalue weighted by atomic mass is 10.4. The van der Waals surface area contributed by atoms with E-state index in [2.05, 4.69) is 9.97 Å². The maximum Gasteiger partial charge on any atom is 0.187 e. The van der Waals surface area contributed by atoms with E-state index in [1.54, 1.807) is 11.8 Å². The van der Waals surface area contributed by atoms with Gasteiger partial charge in [-0.2, -0.15) is 0 Å². The molecule has 0 amide bonds. The summed E-state index contributed by atoms with van der Waals surface area (Å²) in [5.41, 5.74) is 7.46. The SMILES string of the molecule is Cc1cc(C)nc(SCCCN)n1.Cl. The number of thioether (sulfide) groups is 1. The van der Waals surface area contributed by atoms with Gasteiger partial charge < -0.3 is 5.73 Å². The van der Waals surface area contributed by atoms with Crippen molar-refractivity contribution in [1.82, 2.24) is 9.97 Å². The summed E-state index contributed by atoms with van der Waals surface area (Å²) in [6, 6.07) is 1.98. The highest BCUT2D eigenvalue weighted by Gasteiger charge is 1.99. The number of hydrogen-bond donors (Lipinski definition) is 1. The Hall–Kier alpha value is -0.320. The first-order chi connectivity index (χ1) is 6.22. The second-order valence-corrected chi connectivity index (χ2v) is 3.99. The Bertz CT molecular complexity index is 261. The van der Waals surface area contributed by atoms with Crippen LogP contribution in [0.2, 0.25) is 0 Å². The monoisotopic (exact) mass is 233 g/mol. The fraction of sp³-hybridized carbons (Fsp3) is 0.556. The topological polar surface area (TPSA) is 51.8 Å². The van der Waals surface area contributed by atoms with Crippen LogP contribution in [0.4, 0.5) is 0 Å².